The molecular formula is C6H10N2O3. The number of nitrogens with zero attached hydrogens (tertiary/aromatic N) is 1. The zero-order valence-electron chi connectivity index (χ0n) is 6.19. The van der Waals surface area contributed by atoms with E-state index in [4.69, 9.17) is 5.73 Å². The van der Waals surface area contributed by atoms with Crippen molar-refractivity contribution in [2.75, 3.05) is 12.3 Å². The number of hydrogen-bond donors (Lipinski definition) is 1. The number of aromatic nitrogens is 1. The zero-order chi connectivity index (χ0) is 8.53. The largest absolute Gasteiger partial charge is 0.468 e. The Kier molecular flexibility index (Phi) is 5.69. The highest BCUT2D eigenvalue weighted by atomic mass is 16.5. The van der Waals surface area contributed by atoms with Crippen molar-refractivity contribution in [2.24, 2.45) is 0 Å². The summed E-state index contributed by atoms with van der Waals surface area (Å²) >= 11 is 0. The van der Waals surface area contributed by atoms with Crippen LogP contribution in [0.5, 0.6) is 0 Å². The topological polar surface area (TPSA) is 78.4 Å². The second kappa shape index (κ2) is 6.60. The minimum atomic E-state index is 0.426. The molecule has 5 heteroatoms. The Balaban J connectivity index is 0.000000187. The fourth-order valence-electron chi connectivity index (χ4n) is 0.290. The van der Waals surface area contributed by atoms with E-state index in [1.54, 1.807) is 6.92 Å². The maximum absolute atomic E-state index is 9.18. The van der Waals surface area contributed by atoms with E-state index in [0.717, 1.165) is 0 Å². The van der Waals surface area contributed by atoms with Crippen LogP contribution < -0.4 is 5.73 Å². The molecule has 1 heterocycles. The summed E-state index contributed by atoms with van der Waals surface area (Å²) in [5.74, 6) is 0.426. The van der Waals surface area contributed by atoms with E-state index in [0.29, 0.717) is 18.9 Å². The van der Waals surface area contributed by atoms with Crippen LogP contribution in [0, 0.1) is 0 Å². The number of rotatable bonds is 2. The molecule has 0 amide bonds. The van der Waals surface area contributed by atoms with E-state index in [2.05, 4.69) is 14.1 Å². The van der Waals surface area contributed by atoms with Gasteiger partial charge in [0, 0.05) is 0 Å². The monoisotopic (exact) mass is 158 g/mol. The van der Waals surface area contributed by atoms with Crippen molar-refractivity contribution in [3.63, 3.8) is 0 Å². The van der Waals surface area contributed by atoms with Crippen LogP contribution in [0.4, 0.5) is 5.82 Å². The first kappa shape index (κ1) is 9.48. The van der Waals surface area contributed by atoms with Gasteiger partial charge in [0.05, 0.1) is 6.61 Å². The SMILES string of the molecule is CCOC=O.Nc1cocn1. The van der Waals surface area contributed by atoms with Gasteiger partial charge >= 0.3 is 0 Å². The summed E-state index contributed by atoms with van der Waals surface area (Å²) in [4.78, 5) is 12.7. The van der Waals surface area contributed by atoms with Crippen molar-refractivity contribution in [1.82, 2.24) is 4.98 Å². The standard InChI is InChI=1S/C3H4N2O.C3H6O2/c4-3-1-6-2-5-3;1-2-5-3-4/h1-2H,4H2;3H,2H2,1H3. The maximum atomic E-state index is 9.18. The second-order valence-corrected chi connectivity index (χ2v) is 1.46. The molecule has 11 heavy (non-hydrogen) atoms. The summed E-state index contributed by atoms with van der Waals surface area (Å²) in [6.07, 6.45) is 2.66. The molecule has 0 atom stereocenters. The van der Waals surface area contributed by atoms with E-state index in [-0.39, 0.29) is 0 Å². The molecule has 1 aromatic heterocycles. The van der Waals surface area contributed by atoms with Crippen LogP contribution in [0.3, 0.4) is 0 Å². The van der Waals surface area contributed by atoms with Gasteiger partial charge in [-0.1, -0.05) is 0 Å². The summed E-state index contributed by atoms with van der Waals surface area (Å²) in [7, 11) is 0. The van der Waals surface area contributed by atoms with Crippen molar-refractivity contribution in [3.05, 3.63) is 12.7 Å². The van der Waals surface area contributed by atoms with Crippen LogP contribution in [0.15, 0.2) is 17.1 Å². The highest BCUT2D eigenvalue weighted by Gasteiger charge is 1.77. The van der Waals surface area contributed by atoms with Crippen LogP contribution in [0.25, 0.3) is 0 Å². The fraction of sp³-hybridized carbons (Fsp3) is 0.333. The smallest absolute Gasteiger partial charge is 0.293 e. The molecule has 2 N–H and O–H groups in total. The normalized spacial score (nSPS) is 7.73. The average molecular weight is 158 g/mol. The molecule has 0 unspecified atom stereocenters. The lowest BCUT2D eigenvalue weighted by molar-refractivity contribution is -0.128. The number of nitrogens with two attached hydrogens (primary N) is 1. The van der Waals surface area contributed by atoms with Crippen molar-refractivity contribution >= 4 is 12.3 Å². The number of oxazole rings is 1. The summed E-state index contributed by atoms with van der Waals surface area (Å²) in [5, 5.41) is 0. The number of carbonyl (C=O) groups is 1. The average Bonchev–Trinajstić information content (AvgIpc) is 2.43. The molecule has 0 spiro atoms. The summed E-state index contributed by atoms with van der Waals surface area (Å²) in [6, 6.07) is 0. The molecule has 62 valence electrons. The molecule has 5 nitrogen and oxygen atoms in total. The van der Waals surface area contributed by atoms with Crippen molar-refractivity contribution in [1.29, 1.82) is 0 Å². The first-order valence-electron chi connectivity index (χ1n) is 3.00. The maximum Gasteiger partial charge on any atom is 0.293 e. The van der Waals surface area contributed by atoms with E-state index < -0.39 is 0 Å². The van der Waals surface area contributed by atoms with Crippen LogP contribution >= 0.6 is 0 Å². The molecule has 0 aliphatic carbocycles. The Morgan fingerprint density at radius 3 is 2.73 bits per heavy atom. The van der Waals surface area contributed by atoms with Crippen LogP contribution in [0.2, 0.25) is 0 Å². The van der Waals surface area contributed by atoms with Gasteiger partial charge in [0.1, 0.15) is 6.26 Å². The number of nitrogen functional groups attached to an aromatic ring is 1. The zero-order valence-corrected chi connectivity index (χ0v) is 6.19. The number of anilines is 1. The minimum Gasteiger partial charge on any atom is -0.468 e. The lowest BCUT2D eigenvalue weighted by Gasteiger charge is -1.79. The molecule has 0 aliphatic heterocycles. The molecule has 0 saturated carbocycles. The highest BCUT2D eigenvalue weighted by molar-refractivity contribution is 5.36. The number of hydrogen-bond acceptors (Lipinski definition) is 5. The predicted molar refractivity (Wildman–Crippen MR) is 38.6 cm³/mol. The molecule has 0 saturated heterocycles. The van der Waals surface area contributed by atoms with E-state index in [1.165, 1.54) is 12.7 Å². The van der Waals surface area contributed by atoms with Crippen molar-refractivity contribution in [2.45, 2.75) is 6.92 Å². The van der Waals surface area contributed by atoms with Crippen LogP contribution in [0.1, 0.15) is 6.92 Å². The fourth-order valence-corrected chi connectivity index (χ4v) is 0.290. The van der Waals surface area contributed by atoms with Gasteiger partial charge in [-0.2, -0.15) is 4.98 Å². The Morgan fingerprint density at radius 2 is 2.64 bits per heavy atom. The van der Waals surface area contributed by atoms with Gasteiger partial charge in [-0.15, -0.1) is 0 Å². The quantitative estimate of drug-likeness (QED) is 0.631. The highest BCUT2D eigenvalue weighted by Crippen LogP contribution is 1.90. The lowest BCUT2D eigenvalue weighted by Crippen LogP contribution is -1.80. The third-order valence-corrected chi connectivity index (χ3v) is 0.686. The first-order valence-corrected chi connectivity index (χ1v) is 3.00. The van der Waals surface area contributed by atoms with Gasteiger partial charge in [0.15, 0.2) is 12.2 Å². The number of carbonyl (C=O) groups excluding carboxylic acids is 1. The second-order valence-electron chi connectivity index (χ2n) is 1.46. The van der Waals surface area contributed by atoms with Crippen molar-refractivity contribution in [3.8, 4) is 0 Å². The molecule has 0 aromatic carbocycles. The van der Waals surface area contributed by atoms with Gasteiger partial charge in [-0.05, 0) is 6.92 Å². The Hall–Kier alpha value is -1.52. The van der Waals surface area contributed by atoms with Crippen LogP contribution in [-0.4, -0.2) is 18.1 Å². The third kappa shape index (κ3) is 6.36. The molecular weight excluding hydrogens is 148 g/mol. The van der Waals surface area contributed by atoms with Gasteiger partial charge in [0.25, 0.3) is 6.47 Å². The van der Waals surface area contributed by atoms with Crippen LogP contribution in [-0.2, 0) is 9.53 Å². The van der Waals surface area contributed by atoms with Crippen molar-refractivity contribution < 1.29 is 13.9 Å². The molecule has 0 radical (unpaired) electrons. The van der Waals surface area contributed by atoms with Gasteiger partial charge in [-0.25, -0.2) is 0 Å². The molecule has 1 aromatic rings. The number of ether oxygens (including phenoxy) is 1. The first-order chi connectivity index (χ1) is 5.31. The molecule has 0 aliphatic rings. The summed E-state index contributed by atoms with van der Waals surface area (Å²) in [5.41, 5.74) is 5.07. The summed E-state index contributed by atoms with van der Waals surface area (Å²) in [6.45, 7) is 2.66. The van der Waals surface area contributed by atoms with E-state index in [9.17, 15) is 4.79 Å². The van der Waals surface area contributed by atoms with E-state index >= 15 is 0 Å². The Labute approximate surface area is 64.2 Å². The predicted octanol–water partition coefficient (Wildman–Crippen LogP) is 0.436. The molecule has 0 fully saturated rings. The molecule has 0 bridgehead atoms. The van der Waals surface area contributed by atoms with Gasteiger partial charge < -0.3 is 14.9 Å². The van der Waals surface area contributed by atoms with Gasteiger partial charge in [0.2, 0.25) is 0 Å². The molecule has 1 rings (SSSR count). The summed E-state index contributed by atoms with van der Waals surface area (Å²) < 4.78 is 8.63. The van der Waals surface area contributed by atoms with E-state index in [1.807, 2.05) is 0 Å². The Morgan fingerprint density at radius 1 is 1.91 bits per heavy atom. The Bertz CT molecular complexity index is 174. The third-order valence-electron chi connectivity index (χ3n) is 0.686. The lowest BCUT2D eigenvalue weighted by atomic mass is 10.8. The van der Waals surface area contributed by atoms with Gasteiger partial charge in [-0.3, -0.25) is 4.79 Å². The minimum absolute atomic E-state index is 0.426.